The Balaban J connectivity index is 2.93. The summed E-state index contributed by atoms with van der Waals surface area (Å²) in [7, 11) is 2.26. The average molecular weight is 257 g/mol. The van der Waals surface area contributed by atoms with Crippen molar-refractivity contribution in [2.75, 3.05) is 20.1 Å². The fourth-order valence-electron chi connectivity index (χ4n) is 3.95. The summed E-state index contributed by atoms with van der Waals surface area (Å²) >= 11 is 5.09. The van der Waals surface area contributed by atoms with Gasteiger partial charge in [-0.3, -0.25) is 0 Å². The van der Waals surface area contributed by atoms with Gasteiger partial charge in [-0.2, -0.15) is 12.6 Å². The van der Waals surface area contributed by atoms with E-state index in [0.717, 1.165) is 11.8 Å². The van der Waals surface area contributed by atoms with E-state index < -0.39 is 0 Å². The van der Waals surface area contributed by atoms with Crippen molar-refractivity contribution in [3.8, 4) is 0 Å². The molecule has 0 aromatic rings. The largest absolute Gasteiger partial charge is 0.305 e. The first-order chi connectivity index (χ1) is 7.72. The molecule has 1 saturated heterocycles. The van der Waals surface area contributed by atoms with E-state index in [9.17, 15) is 0 Å². The molecule has 0 aromatic carbocycles. The lowest BCUT2D eigenvalue weighted by Gasteiger charge is -2.53. The Morgan fingerprint density at radius 1 is 1.47 bits per heavy atom. The smallest absolute Gasteiger partial charge is 0.0172 e. The minimum absolute atomic E-state index is 0.152. The lowest BCUT2D eigenvalue weighted by molar-refractivity contribution is 0.0313. The first-order valence-electron chi connectivity index (χ1n) is 7.13. The molecule has 0 aliphatic carbocycles. The third-order valence-electron chi connectivity index (χ3n) is 4.56. The average Bonchev–Trinajstić information content (AvgIpc) is 2.13. The van der Waals surface area contributed by atoms with Crippen molar-refractivity contribution in [3.05, 3.63) is 0 Å². The molecule has 1 heterocycles. The van der Waals surface area contributed by atoms with Gasteiger partial charge in [0.15, 0.2) is 0 Å². The number of rotatable bonds is 4. The van der Waals surface area contributed by atoms with Gasteiger partial charge in [-0.1, -0.05) is 34.6 Å². The standard InChI is InChI=1S/C15H31NS/c1-7-15(14(5,17)8-12(2)3)9-13(4)10-16(6)11-15/h12-13,17H,7-11H2,1-6H3. The quantitative estimate of drug-likeness (QED) is 0.743. The predicted octanol–water partition coefficient (Wildman–Crippen LogP) is 4.09. The van der Waals surface area contributed by atoms with Crippen LogP contribution >= 0.6 is 12.6 Å². The monoisotopic (exact) mass is 257 g/mol. The van der Waals surface area contributed by atoms with Gasteiger partial charge in [0.1, 0.15) is 0 Å². The molecule has 1 aliphatic heterocycles. The Morgan fingerprint density at radius 3 is 2.47 bits per heavy atom. The molecule has 17 heavy (non-hydrogen) atoms. The molecule has 0 bridgehead atoms. The van der Waals surface area contributed by atoms with Crippen molar-refractivity contribution in [2.24, 2.45) is 17.3 Å². The fourth-order valence-corrected chi connectivity index (χ4v) is 4.63. The molecular weight excluding hydrogens is 226 g/mol. The topological polar surface area (TPSA) is 3.24 Å². The Hall–Kier alpha value is 0.310. The van der Waals surface area contributed by atoms with Crippen molar-refractivity contribution < 1.29 is 0 Å². The summed E-state index contributed by atoms with van der Waals surface area (Å²) in [5.41, 5.74) is 0.382. The second kappa shape index (κ2) is 5.52. The molecule has 0 aromatic heterocycles. The highest BCUT2D eigenvalue weighted by atomic mass is 32.1. The highest BCUT2D eigenvalue weighted by Crippen LogP contribution is 2.50. The van der Waals surface area contributed by atoms with Gasteiger partial charge in [0.05, 0.1) is 0 Å². The van der Waals surface area contributed by atoms with E-state index in [1.54, 1.807) is 0 Å². The number of likely N-dealkylation sites (tertiary alicyclic amines) is 1. The zero-order chi connectivity index (χ0) is 13.3. The minimum atomic E-state index is 0.152. The van der Waals surface area contributed by atoms with E-state index in [4.69, 9.17) is 12.6 Å². The maximum atomic E-state index is 5.09. The normalized spacial score (nSPS) is 34.9. The first-order valence-corrected chi connectivity index (χ1v) is 7.58. The van der Waals surface area contributed by atoms with Gasteiger partial charge in [0.25, 0.3) is 0 Å². The lowest BCUT2D eigenvalue weighted by Crippen LogP contribution is -2.54. The molecule has 3 unspecified atom stereocenters. The van der Waals surface area contributed by atoms with Crippen LogP contribution in [-0.4, -0.2) is 29.8 Å². The molecule has 1 nitrogen and oxygen atoms in total. The van der Waals surface area contributed by atoms with Gasteiger partial charge in [0, 0.05) is 17.8 Å². The number of hydrogen-bond donors (Lipinski definition) is 1. The highest BCUT2D eigenvalue weighted by molar-refractivity contribution is 7.81. The zero-order valence-corrected chi connectivity index (χ0v) is 13.5. The van der Waals surface area contributed by atoms with Gasteiger partial charge in [-0.25, -0.2) is 0 Å². The maximum absolute atomic E-state index is 5.09. The summed E-state index contributed by atoms with van der Waals surface area (Å²) in [5.74, 6) is 1.52. The molecule has 1 aliphatic rings. The van der Waals surface area contributed by atoms with Crippen LogP contribution in [0.3, 0.4) is 0 Å². The van der Waals surface area contributed by atoms with Crippen molar-refractivity contribution in [1.29, 1.82) is 0 Å². The van der Waals surface area contributed by atoms with Gasteiger partial charge in [-0.05, 0) is 43.6 Å². The fraction of sp³-hybridized carbons (Fsp3) is 1.00. The number of nitrogens with zero attached hydrogens (tertiary/aromatic N) is 1. The van der Waals surface area contributed by atoms with Crippen LogP contribution in [0.2, 0.25) is 0 Å². The van der Waals surface area contributed by atoms with Crippen LogP contribution in [0.4, 0.5) is 0 Å². The first kappa shape index (κ1) is 15.4. The third kappa shape index (κ3) is 3.41. The van der Waals surface area contributed by atoms with Crippen LogP contribution in [0.25, 0.3) is 0 Å². The van der Waals surface area contributed by atoms with Crippen LogP contribution in [0.1, 0.15) is 53.9 Å². The maximum Gasteiger partial charge on any atom is 0.0172 e. The van der Waals surface area contributed by atoms with Crippen LogP contribution < -0.4 is 0 Å². The summed E-state index contributed by atoms with van der Waals surface area (Å²) in [6, 6.07) is 0. The SMILES string of the molecule is CCC1(C(C)(S)CC(C)C)CC(C)CN(C)C1. The summed E-state index contributed by atoms with van der Waals surface area (Å²) < 4.78 is 0.152. The molecule has 0 radical (unpaired) electrons. The summed E-state index contributed by atoms with van der Waals surface area (Å²) in [4.78, 5) is 2.51. The Kier molecular flexibility index (Phi) is 4.99. The molecule has 0 N–H and O–H groups in total. The second-order valence-corrected chi connectivity index (χ2v) is 8.00. The number of hydrogen-bond acceptors (Lipinski definition) is 2. The van der Waals surface area contributed by atoms with Gasteiger partial charge in [-0.15, -0.1) is 0 Å². The Bertz CT molecular complexity index is 237. The molecule has 1 fully saturated rings. The van der Waals surface area contributed by atoms with E-state index in [1.165, 1.54) is 32.4 Å². The van der Waals surface area contributed by atoms with E-state index in [1.807, 2.05) is 0 Å². The van der Waals surface area contributed by atoms with Crippen molar-refractivity contribution in [3.63, 3.8) is 0 Å². The molecule has 0 amide bonds. The van der Waals surface area contributed by atoms with E-state index >= 15 is 0 Å². The van der Waals surface area contributed by atoms with E-state index in [0.29, 0.717) is 5.41 Å². The van der Waals surface area contributed by atoms with E-state index in [2.05, 4.69) is 46.6 Å². The Labute approximate surface area is 114 Å². The predicted molar refractivity (Wildman–Crippen MR) is 80.8 cm³/mol. The molecule has 0 spiro atoms. The zero-order valence-electron chi connectivity index (χ0n) is 12.6. The molecule has 102 valence electrons. The van der Waals surface area contributed by atoms with Crippen LogP contribution in [0, 0.1) is 17.3 Å². The van der Waals surface area contributed by atoms with Crippen molar-refractivity contribution >= 4 is 12.6 Å². The third-order valence-corrected chi connectivity index (χ3v) is 5.22. The Morgan fingerprint density at radius 2 is 2.06 bits per heavy atom. The minimum Gasteiger partial charge on any atom is -0.305 e. The molecular formula is C15H31NS. The van der Waals surface area contributed by atoms with Crippen LogP contribution in [0.15, 0.2) is 0 Å². The lowest BCUT2D eigenvalue weighted by atomic mass is 9.64. The molecule has 2 heteroatoms. The van der Waals surface area contributed by atoms with Crippen LogP contribution in [0.5, 0.6) is 0 Å². The van der Waals surface area contributed by atoms with E-state index in [-0.39, 0.29) is 4.75 Å². The van der Waals surface area contributed by atoms with Gasteiger partial charge in [0.2, 0.25) is 0 Å². The van der Waals surface area contributed by atoms with Crippen molar-refractivity contribution in [1.82, 2.24) is 4.90 Å². The summed E-state index contributed by atoms with van der Waals surface area (Å²) in [5, 5.41) is 0. The second-order valence-electron chi connectivity index (χ2n) is 7.01. The van der Waals surface area contributed by atoms with Crippen molar-refractivity contribution in [2.45, 2.75) is 58.6 Å². The molecule has 1 rings (SSSR count). The molecule has 0 saturated carbocycles. The van der Waals surface area contributed by atoms with Gasteiger partial charge < -0.3 is 4.90 Å². The van der Waals surface area contributed by atoms with Gasteiger partial charge >= 0.3 is 0 Å². The summed E-state index contributed by atoms with van der Waals surface area (Å²) in [6.45, 7) is 14.2. The summed E-state index contributed by atoms with van der Waals surface area (Å²) in [6.07, 6.45) is 3.79. The number of thiol groups is 1. The highest BCUT2D eigenvalue weighted by Gasteiger charge is 2.47. The number of piperidine rings is 1. The molecule has 3 atom stereocenters. The van der Waals surface area contributed by atoms with Crippen LogP contribution in [-0.2, 0) is 0 Å².